The minimum atomic E-state index is -4.66. The summed E-state index contributed by atoms with van der Waals surface area (Å²) in [6.45, 7) is 11.8. The van der Waals surface area contributed by atoms with Crippen molar-refractivity contribution in [1.29, 1.82) is 0 Å². The average Bonchev–Trinajstić information content (AvgIpc) is 3.31. The van der Waals surface area contributed by atoms with Gasteiger partial charge in [-0.15, -0.1) is 0 Å². The monoisotopic (exact) mass is 533 g/mol. The van der Waals surface area contributed by atoms with Crippen LogP contribution < -0.4 is 4.74 Å². The second-order valence-corrected chi connectivity index (χ2v) is 12.8. The number of allylic oxidation sites excluding steroid dienone is 1. The summed E-state index contributed by atoms with van der Waals surface area (Å²) in [5.41, 5.74) is -3.16. The highest BCUT2D eigenvalue weighted by Gasteiger charge is 2.77. The Hall–Kier alpha value is -2.23. The zero-order valence-electron chi connectivity index (χ0n) is 22.4. The van der Waals surface area contributed by atoms with Crippen LogP contribution in [-0.4, -0.2) is 46.1 Å². The van der Waals surface area contributed by atoms with Crippen LogP contribution in [0.15, 0.2) is 41.5 Å². The number of carbonyl (C=O) groups excluding carboxylic acids is 1. The molecule has 2 bridgehead atoms. The summed E-state index contributed by atoms with van der Waals surface area (Å²) in [6.07, 6.45) is -2.30. The van der Waals surface area contributed by atoms with Crippen LogP contribution in [-0.2, 0) is 20.4 Å². The van der Waals surface area contributed by atoms with E-state index in [9.17, 15) is 23.1 Å². The number of ketones is 1. The molecule has 9 heteroatoms. The van der Waals surface area contributed by atoms with Crippen LogP contribution in [0.2, 0.25) is 0 Å². The fourth-order valence-corrected chi connectivity index (χ4v) is 8.06. The van der Waals surface area contributed by atoms with Gasteiger partial charge in [-0.3, -0.25) is 4.79 Å². The molecule has 1 saturated heterocycles. The van der Waals surface area contributed by atoms with E-state index in [2.05, 4.69) is 18.8 Å². The fraction of sp³-hybridized carbons (Fsp3) is 0.655. The van der Waals surface area contributed by atoms with Crippen LogP contribution in [0.5, 0.6) is 5.88 Å². The van der Waals surface area contributed by atoms with Crippen molar-refractivity contribution in [3.8, 4) is 5.88 Å². The summed E-state index contributed by atoms with van der Waals surface area (Å²) in [4.78, 5) is 18.3. The van der Waals surface area contributed by atoms with E-state index in [1.54, 1.807) is 20.8 Å². The number of alkyl halides is 3. The van der Waals surface area contributed by atoms with Gasteiger partial charge in [-0.05, 0) is 67.6 Å². The van der Waals surface area contributed by atoms with Crippen LogP contribution >= 0.6 is 0 Å². The molecule has 6 nitrogen and oxygen atoms in total. The highest BCUT2D eigenvalue weighted by Crippen LogP contribution is 2.72. The molecule has 0 amide bonds. The van der Waals surface area contributed by atoms with Gasteiger partial charge in [0.25, 0.3) is 0 Å². The molecule has 1 aromatic heterocycles. The lowest BCUT2D eigenvalue weighted by molar-refractivity contribution is -0.301. The molecule has 1 aliphatic heterocycles. The number of carbonyl (C=O) groups is 1. The molecule has 1 aromatic rings. The number of fused-ring (bicyclic) bond motifs is 5. The van der Waals surface area contributed by atoms with Gasteiger partial charge in [0.1, 0.15) is 11.8 Å². The Bertz CT molecular complexity index is 1270. The third-order valence-electron chi connectivity index (χ3n) is 9.92. The molecule has 3 fully saturated rings. The lowest BCUT2D eigenvalue weighted by atomic mass is 9.59. The summed E-state index contributed by atoms with van der Waals surface area (Å²) >= 11 is 0. The number of hydrogen-bond acceptors (Lipinski definition) is 6. The van der Waals surface area contributed by atoms with Crippen LogP contribution in [0.4, 0.5) is 13.2 Å². The van der Waals surface area contributed by atoms with Gasteiger partial charge in [0.15, 0.2) is 23.3 Å². The summed E-state index contributed by atoms with van der Waals surface area (Å²) in [6, 6.07) is 3.42. The van der Waals surface area contributed by atoms with E-state index in [0.29, 0.717) is 17.1 Å². The predicted octanol–water partition coefficient (Wildman–Crippen LogP) is 5.11. The zero-order valence-corrected chi connectivity index (χ0v) is 22.4. The Kier molecular flexibility index (Phi) is 5.27. The van der Waals surface area contributed by atoms with E-state index in [-0.39, 0.29) is 35.5 Å². The van der Waals surface area contributed by atoms with Crippen molar-refractivity contribution in [2.75, 3.05) is 6.61 Å². The van der Waals surface area contributed by atoms with Crippen molar-refractivity contribution in [2.24, 2.45) is 34.5 Å². The van der Waals surface area contributed by atoms with Crippen LogP contribution in [0.1, 0.15) is 53.7 Å². The first-order valence-electron chi connectivity index (χ1n) is 13.2. The van der Waals surface area contributed by atoms with Gasteiger partial charge in [0.2, 0.25) is 5.88 Å². The van der Waals surface area contributed by atoms with Gasteiger partial charge >= 0.3 is 6.18 Å². The van der Waals surface area contributed by atoms with Crippen molar-refractivity contribution in [3.05, 3.63) is 47.2 Å². The predicted molar refractivity (Wildman–Crippen MR) is 131 cm³/mol. The lowest BCUT2D eigenvalue weighted by Crippen LogP contribution is -2.68. The highest BCUT2D eigenvalue weighted by atomic mass is 19.4. The maximum Gasteiger partial charge on any atom is 0.433 e. The Morgan fingerprint density at radius 1 is 1.18 bits per heavy atom. The number of pyridine rings is 1. The molecule has 1 unspecified atom stereocenters. The Morgan fingerprint density at radius 2 is 1.89 bits per heavy atom. The summed E-state index contributed by atoms with van der Waals surface area (Å²) in [7, 11) is 0. The Labute approximate surface area is 220 Å². The quantitative estimate of drug-likeness (QED) is 0.533. The van der Waals surface area contributed by atoms with Crippen molar-refractivity contribution in [3.63, 3.8) is 0 Å². The third-order valence-corrected chi connectivity index (χ3v) is 9.92. The molecule has 2 heterocycles. The van der Waals surface area contributed by atoms with Crippen molar-refractivity contribution >= 4 is 5.78 Å². The number of nitrogens with zero attached hydrogens (tertiary/aromatic N) is 1. The Balaban J connectivity index is 1.52. The number of ether oxygens (including phenoxy) is 3. The Morgan fingerprint density at radius 3 is 2.58 bits per heavy atom. The van der Waals surface area contributed by atoms with Crippen molar-refractivity contribution < 1.29 is 37.3 Å². The molecule has 0 aromatic carbocycles. The van der Waals surface area contributed by atoms with Gasteiger partial charge in [-0.2, -0.15) is 13.2 Å². The molecule has 5 aliphatic rings. The molecule has 1 spiro atoms. The van der Waals surface area contributed by atoms with E-state index < -0.39 is 46.8 Å². The van der Waals surface area contributed by atoms with Gasteiger partial charge in [-0.1, -0.05) is 39.0 Å². The fourth-order valence-electron chi connectivity index (χ4n) is 8.06. The lowest BCUT2D eigenvalue weighted by Gasteiger charge is -2.52. The molecular formula is C29H34F3NO5. The average molecular weight is 534 g/mol. The second-order valence-electron chi connectivity index (χ2n) is 12.8. The van der Waals surface area contributed by atoms with Gasteiger partial charge in [0.05, 0.1) is 12.0 Å². The van der Waals surface area contributed by atoms with E-state index >= 15 is 0 Å². The van der Waals surface area contributed by atoms with Crippen molar-refractivity contribution in [2.45, 2.75) is 77.7 Å². The van der Waals surface area contributed by atoms with E-state index in [1.807, 2.05) is 19.1 Å². The first-order valence-corrected chi connectivity index (χ1v) is 13.2. The number of hydrogen-bond donors (Lipinski definition) is 1. The molecule has 38 heavy (non-hydrogen) atoms. The smallest absolute Gasteiger partial charge is 0.433 e. The van der Waals surface area contributed by atoms with Gasteiger partial charge in [-0.25, -0.2) is 4.98 Å². The minimum Gasteiger partial charge on any atom is -0.467 e. The van der Waals surface area contributed by atoms with Crippen LogP contribution in [0.25, 0.3) is 0 Å². The first kappa shape index (κ1) is 26.0. The number of aliphatic hydroxyl groups is 1. The third kappa shape index (κ3) is 3.30. The number of Topliss-reactive ketones (excluding diaryl/α,β-unsaturated/α-hetero) is 1. The highest BCUT2D eigenvalue weighted by molar-refractivity contribution is 5.95. The largest absolute Gasteiger partial charge is 0.467 e. The van der Waals surface area contributed by atoms with Crippen LogP contribution in [0.3, 0.4) is 0 Å². The maximum atomic E-state index is 14.7. The number of rotatable bonds is 2. The second kappa shape index (κ2) is 7.70. The topological polar surface area (TPSA) is 77.9 Å². The zero-order chi connectivity index (χ0) is 27.6. The molecular weight excluding hydrogens is 499 g/mol. The molecule has 1 N–H and O–H groups in total. The molecule has 4 aliphatic carbocycles. The van der Waals surface area contributed by atoms with E-state index in [1.165, 1.54) is 12.1 Å². The molecule has 6 rings (SSSR count). The standard InChI is InChI=1S/C29H34F3NO5/c1-14-12-27-15(2)10-18-21(25(18,3)4)17(22(27)34)11-16-13-36-26(5,6)38-24(16)28(27,35)23(14)37-20-9-7-8-19(33-20)29(30,31)32/h7-9,11-12,15,17-18,21,23-24,35H,10,13H2,1-6H3/t15-,17+,18-,21+,23+,24-,27?,28-/m1/s1. The molecule has 0 radical (unpaired) electrons. The van der Waals surface area contributed by atoms with E-state index in [0.717, 1.165) is 12.5 Å². The van der Waals surface area contributed by atoms with Crippen molar-refractivity contribution in [1.82, 2.24) is 4.98 Å². The summed E-state index contributed by atoms with van der Waals surface area (Å²) < 4.78 is 58.7. The normalized spacial score (nSPS) is 42.5. The SMILES string of the molecule is CC1=CC23C(=O)[C@@H](C=C4COC(C)(C)O[C@H]4[C@]2(O)[C@H]1Oc1cccc(C(F)(F)F)n1)[C@H]1[C@@H](C[C@H]3C)C1(C)C. The molecule has 206 valence electrons. The summed E-state index contributed by atoms with van der Waals surface area (Å²) in [5, 5.41) is 13.0. The first-order chi connectivity index (χ1) is 17.5. The van der Waals surface area contributed by atoms with E-state index in [4.69, 9.17) is 14.2 Å². The minimum absolute atomic E-state index is 0.0178. The summed E-state index contributed by atoms with van der Waals surface area (Å²) in [5.74, 6) is -1.69. The van der Waals surface area contributed by atoms with Crippen LogP contribution in [0, 0.1) is 34.5 Å². The van der Waals surface area contributed by atoms with Gasteiger partial charge in [0, 0.05) is 12.0 Å². The molecule has 8 atom stereocenters. The number of halogens is 3. The van der Waals surface area contributed by atoms with Gasteiger partial charge < -0.3 is 19.3 Å². The maximum absolute atomic E-state index is 14.7. The number of aromatic nitrogens is 1. The molecule has 2 saturated carbocycles.